The van der Waals surface area contributed by atoms with Crippen molar-refractivity contribution in [2.24, 2.45) is 0 Å². The van der Waals surface area contributed by atoms with Crippen LogP contribution in [-0.4, -0.2) is 25.5 Å². The van der Waals surface area contributed by atoms with Crippen LogP contribution in [0.1, 0.15) is 17.5 Å². The number of amides is 1. The summed E-state index contributed by atoms with van der Waals surface area (Å²) in [5.41, 5.74) is -0.524. The van der Waals surface area contributed by atoms with E-state index >= 15 is 0 Å². The number of hydrogen-bond donors (Lipinski definition) is 1. The molecule has 1 amide bonds. The summed E-state index contributed by atoms with van der Waals surface area (Å²) in [6.07, 6.45) is -2.03. The highest BCUT2D eigenvalue weighted by Gasteiger charge is 2.30. The van der Waals surface area contributed by atoms with Gasteiger partial charge in [0.1, 0.15) is 0 Å². The second-order valence-electron chi connectivity index (χ2n) is 4.07. The monoisotopic (exact) mass is 301 g/mol. The molecule has 0 radical (unpaired) electrons. The Morgan fingerprint density at radius 1 is 1.33 bits per heavy atom. The Balaban J connectivity index is 2.56. The Hall–Kier alpha value is -2.31. The summed E-state index contributed by atoms with van der Waals surface area (Å²) in [6, 6.07) is 4.61. The largest absolute Gasteiger partial charge is 0.469 e. The van der Waals surface area contributed by atoms with Gasteiger partial charge in [-0.1, -0.05) is 12.1 Å². The molecule has 0 atom stereocenters. The minimum atomic E-state index is -4.42. The lowest BCUT2D eigenvalue weighted by Crippen LogP contribution is -2.24. The first kappa shape index (κ1) is 16.7. The van der Waals surface area contributed by atoms with Crippen LogP contribution < -0.4 is 5.32 Å². The third-order valence-corrected chi connectivity index (χ3v) is 2.50. The molecule has 1 aromatic carbocycles. The number of alkyl halides is 3. The maximum Gasteiger partial charge on any atom is 0.416 e. The molecule has 7 heteroatoms. The van der Waals surface area contributed by atoms with Crippen LogP contribution in [-0.2, 0) is 20.5 Å². The van der Waals surface area contributed by atoms with Crippen LogP contribution in [0, 0.1) is 0 Å². The van der Waals surface area contributed by atoms with Crippen LogP contribution in [0.25, 0.3) is 6.08 Å². The fourth-order valence-electron chi connectivity index (χ4n) is 1.44. The lowest BCUT2D eigenvalue weighted by atomic mass is 10.1. The van der Waals surface area contributed by atoms with Crippen molar-refractivity contribution in [3.05, 3.63) is 41.5 Å². The Kier molecular flexibility index (Phi) is 5.95. The molecular weight excluding hydrogens is 287 g/mol. The number of carbonyl (C=O) groups excluding carboxylic acids is 2. The smallest absolute Gasteiger partial charge is 0.416 e. The summed E-state index contributed by atoms with van der Waals surface area (Å²) < 4.78 is 41.9. The zero-order chi connectivity index (χ0) is 15.9. The fraction of sp³-hybridized carbons (Fsp3) is 0.286. The van der Waals surface area contributed by atoms with Crippen LogP contribution in [0.15, 0.2) is 30.3 Å². The normalized spacial score (nSPS) is 11.4. The maximum absolute atomic E-state index is 12.5. The molecule has 4 nitrogen and oxygen atoms in total. The first-order valence-electron chi connectivity index (χ1n) is 6.03. The Bertz CT molecular complexity index is 539. The number of halogens is 3. The lowest BCUT2D eigenvalue weighted by molar-refractivity contribution is -0.140. The standard InChI is InChI=1S/C14H14F3NO3/c1-21-13(20)7-8-18-12(19)6-5-10-3-2-4-11(9-10)14(15,16)17/h2-6,9H,7-8H2,1H3,(H,18,19)/b6-5+. The zero-order valence-corrected chi connectivity index (χ0v) is 11.2. The van der Waals surface area contributed by atoms with Gasteiger partial charge in [0.05, 0.1) is 19.1 Å². The van der Waals surface area contributed by atoms with E-state index in [1.54, 1.807) is 0 Å². The van der Waals surface area contributed by atoms with E-state index in [1.807, 2.05) is 0 Å². The van der Waals surface area contributed by atoms with Crippen LogP contribution in [0.5, 0.6) is 0 Å². The number of ether oxygens (including phenoxy) is 1. The molecule has 114 valence electrons. The average molecular weight is 301 g/mol. The first-order chi connectivity index (χ1) is 9.82. The van der Waals surface area contributed by atoms with Crippen LogP contribution in [0.4, 0.5) is 13.2 Å². The van der Waals surface area contributed by atoms with Gasteiger partial charge < -0.3 is 10.1 Å². The molecule has 0 fully saturated rings. The summed E-state index contributed by atoms with van der Waals surface area (Å²) in [4.78, 5) is 22.2. The first-order valence-corrected chi connectivity index (χ1v) is 6.03. The third kappa shape index (κ3) is 6.11. The average Bonchev–Trinajstić information content (AvgIpc) is 2.44. The molecule has 0 aliphatic rings. The minimum absolute atomic E-state index is 0.0274. The molecule has 21 heavy (non-hydrogen) atoms. The van der Waals surface area contributed by atoms with E-state index in [0.29, 0.717) is 0 Å². The number of rotatable bonds is 5. The van der Waals surface area contributed by atoms with Crippen molar-refractivity contribution in [2.75, 3.05) is 13.7 Å². The maximum atomic E-state index is 12.5. The molecule has 0 spiro atoms. The van der Waals surface area contributed by atoms with E-state index in [1.165, 1.54) is 25.3 Å². The Labute approximate surface area is 119 Å². The molecule has 0 unspecified atom stereocenters. The van der Waals surface area contributed by atoms with Crippen molar-refractivity contribution >= 4 is 18.0 Å². The highest BCUT2D eigenvalue weighted by atomic mass is 19.4. The molecule has 1 aromatic rings. The van der Waals surface area contributed by atoms with Crippen molar-refractivity contribution in [1.29, 1.82) is 0 Å². The van der Waals surface area contributed by atoms with Gasteiger partial charge in [-0.2, -0.15) is 13.2 Å². The predicted molar refractivity (Wildman–Crippen MR) is 70.1 cm³/mol. The molecule has 0 aromatic heterocycles. The topological polar surface area (TPSA) is 55.4 Å². The Morgan fingerprint density at radius 3 is 2.67 bits per heavy atom. The fourth-order valence-corrected chi connectivity index (χ4v) is 1.44. The quantitative estimate of drug-likeness (QED) is 0.671. The molecule has 1 rings (SSSR count). The third-order valence-electron chi connectivity index (χ3n) is 2.50. The lowest BCUT2D eigenvalue weighted by Gasteiger charge is -2.06. The van der Waals surface area contributed by atoms with Crippen LogP contribution >= 0.6 is 0 Å². The molecule has 0 saturated heterocycles. The van der Waals surface area contributed by atoms with Gasteiger partial charge in [-0.15, -0.1) is 0 Å². The van der Waals surface area contributed by atoms with Gasteiger partial charge in [-0.3, -0.25) is 9.59 Å². The summed E-state index contributed by atoms with van der Waals surface area (Å²) >= 11 is 0. The second-order valence-corrected chi connectivity index (χ2v) is 4.07. The summed E-state index contributed by atoms with van der Waals surface area (Å²) in [7, 11) is 1.23. The highest BCUT2D eigenvalue weighted by Crippen LogP contribution is 2.29. The SMILES string of the molecule is COC(=O)CCNC(=O)/C=C/c1cccc(C(F)(F)F)c1. The van der Waals surface area contributed by atoms with Crippen molar-refractivity contribution in [3.8, 4) is 0 Å². The van der Waals surface area contributed by atoms with Crippen molar-refractivity contribution in [3.63, 3.8) is 0 Å². The summed E-state index contributed by atoms with van der Waals surface area (Å²) in [5, 5.41) is 2.41. The van der Waals surface area contributed by atoms with E-state index in [4.69, 9.17) is 0 Å². The number of esters is 1. The molecule has 0 heterocycles. The molecule has 0 aliphatic carbocycles. The molecule has 0 bridgehead atoms. The number of methoxy groups -OCH3 is 1. The number of benzene rings is 1. The van der Waals surface area contributed by atoms with Crippen LogP contribution in [0.2, 0.25) is 0 Å². The highest BCUT2D eigenvalue weighted by molar-refractivity contribution is 5.91. The van der Waals surface area contributed by atoms with Gasteiger partial charge in [0.25, 0.3) is 0 Å². The number of carbonyl (C=O) groups is 2. The van der Waals surface area contributed by atoms with E-state index in [-0.39, 0.29) is 18.5 Å². The Morgan fingerprint density at radius 2 is 2.05 bits per heavy atom. The van der Waals surface area contributed by atoms with Gasteiger partial charge >= 0.3 is 12.1 Å². The minimum Gasteiger partial charge on any atom is -0.469 e. The van der Waals surface area contributed by atoms with Crippen LogP contribution in [0.3, 0.4) is 0 Å². The van der Waals surface area contributed by atoms with Crippen molar-refractivity contribution in [2.45, 2.75) is 12.6 Å². The van der Waals surface area contributed by atoms with Crippen molar-refractivity contribution in [1.82, 2.24) is 5.32 Å². The second kappa shape index (κ2) is 7.47. The molecule has 1 N–H and O–H groups in total. The zero-order valence-electron chi connectivity index (χ0n) is 11.2. The van der Waals surface area contributed by atoms with Gasteiger partial charge in [-0.05, 0) is 23.8 Å². The van der Waals surface area contributed by atoms with E-state index in [0.717, 1.165) is 18.2 Å². The van der Waals surface area contributed by atoms with Gasteiger partial charge in [-0.25, -0.2) is 0 Å². The number of nitrogens with one attached hydrogen (secondary N) is 1. The predicted octanol–water partition coefficient (Wildman–Crippen LogP) is 2.40. The van der Waals surface area contributed by atoms with E-state index in [9.17, 15) is 22.8 Å². The summed E-state index contributed by atoms with van der Waals surface area (Å²) in [6.45, 7) is 0.0957. The van der Waals surface area contributed by atoms with Gasteiger partial charge in [0.15, 0.2) is 0 Å². The van der Waals surface area contributed by atoms with Gasteiger partial charge in [0, 0.05) is 12.6 Å². The number of hydrogen-bond acceptors (Lipinski definition) is 3. The molecule has 0 saturated carbocycles. The van der Waals surface area contributed by atoms with Gasteiger partial charge in [0.2, 0.25) is 5.91 Å². The van der Waals surface area contributed by atoms with E-state index < -0.39 is 23.6 Å². The molecular formula is C14H14F3NO3. The molecule has 0 aliphatic heterocycles. The van der Waals surface area contributed by atoms with Crippen molar-refractivity contribution < 1.29 is 27.5 Å². The van der Waals surface area contributed by atoms with E-state index in [2.05, 4.69) is 10.1 Å². The summed E-state index contributed by atoms with van der Waals surface area (Å²) in [5.74, 6) is -0.964.